The summed E-state index contributed by atoms with van der Waals surface area (Å²) < 4.78 is 28.6. The fourth-order valence-corrected chi connectivity index (χ4v) is 2.54. The molecule has 2 N–H and O–H groups in total. The summed E-state index contributed by atoms with van der Waals surface area (Å²) in [6, 6.07) is 11.8. The molecule has 1 aromatic heterocycles. The number of halogens is 2. The maximum absolute atomic E-state index is 13.7. The van der Waals surface area contributed by atoms with Crippen molar-refractivity contribution >= 4 is 10.9 Å². The molecule has 0 aliphatic carbocycles. The molecule has 0 saturated carbocycles. The van der Waals surface area contributed by atoms with Crippen molar-refractivity contribution in [3.8, 4) is 0 Å². The summed E-state index contributed by atoms with van der Waals surface area (Å²) in [6.07, 6.45) is 2.76. The lowest BCUT2D eigenvalue weighted by molar-refractivity contribution is 0.567. The lowest BCUT2D eigenvalue weighted by Gasteiger charge is -2.08. The van der Waals surface area contributed by atoms with Crippen LogP contribution in [0.25, 0.3) is 10.9 Å². The summed E-state index contributed by atoms with van der Waals surface area (Å²) in [5.41, 5.74) is 8.25. The van der Waals surface area contributed by atoms with E-state index in [0.29, 0.717) is 18.7 Å². The Balaban J connectivity index is 1.94. The van der Waals surface area contributed by atoms with Crippen molar-refractivity contribution in [3.63, 3.8) is 0 Å². The fraction of sp³-hybridized carbons (Fsp3) is 0.176. The van der Waals surface area contributed by atoms with Gasteiger partial charge < -0.3 is 10.3 Å². The SMILES string of the molecule is NCCc1ccc2c(ccn2Cc2ccc(F)cc2F)c1. The van der Waals surface area contributed by atoms with Crippen LogP contribution in [-0.2, 0) is 13.0 Å². The first-order valence-electron chi connectivity index (χ1n) is 6.89. The average Bonchev–Trinajstić information content (AvgIpc) is 2.85. The van der Waals surface area contributed by atoms with Crippen LogP contribution in [-0.4, -0.2) is 11.1 Å². The van der Waals surface area contributed by atoms with Gasteiger partial charge in [0.25, 0.3) is 0 Å². The Kier molecular flexibility index (Phi) is 3.71. The Morgan fingerprint density at radius 1 is 1.00 bits per heavy atom. The van der Waals surface area contributed by atoms with E-state index < -0.39 is 11.6 Å². The normalized spacial score (nSPS) is 11.2. The van der Waals surface area contributed by atoms with Crippen molar-refractivity contribution in [1.82, 2.24) is 4.57 Å². The lowest BCUT2D eigenvalue weighted by Crippen LogP contribution is -2.03. The molecule has 2 aromatic carbocycles. The number of hydrogen-bond acceptors (Lipinski definition) is 1. The molecule has 0 spiro atoms. The number of nitrogens with two attached hydrogens (primary N) is 1. The fourth-order valence-electron chi connectivity index (χ4n) is 2.54. The van der Waals surface area contributed by atoms with Crippen LogP contribution in [0.2, 0.25) is 0 Å². The zero-order valence-corrected chi connectivity index (χ0v) is 11.5. The second-order valence-corrected chi connectivity index (χ2v) is 5.11. The zero-order chi connectivity index (χ0) is 14.8. The molecular formula is C17H16F2N2. The van der Waals surface area contributed by atoms with E-state index in [1.807, 2.05) is 29.0 Å². The number of benzene rings is 2. The van der Waals surface area contributed by atoms with Crippen LogP contribution >= 0.6 is 0 Å². The van der Waals surface area contributed by atoms with Gasteiger partial charge in [-0.3, -0.25) is 0 Å². The summed E-state index contributed by atoms with van der Waals surface area (Å²) in [5.74, 6) is -1.07. The minimum Gasteiger partial charge on any atom is -0.343 e. The van der Waals surface area contributed by atoms with Gasteiger partial charge in [-0.25, -0.2) is 8.78 Å². The van der Waals surface area contributed by atoms with Gasteiger partial charge in [0.2, 0.25) is 0 Å². The highest BCUT2D eigenvalue weighted by atomic mass is 19.1. The molecule has 2 nitrogen and oxygen atoms in total. The number of nitrogens with zero attached hydrogens (tertiary/aromatic N) is 1. The summed E-state index contributed by atoms with van der Waals surface area (Å²) in [6.45, 7) is 0.999. The van der Waals surface area contributed by atoms with Gasteiger partial charge >= 0.3 is 0 Å². The number of fused-ring (bicyclic) bond motifs is 1. The third kappa shape index (κ3) is 2.81. The van der Waals surface area contributed by atoms with E-state index in [1.54, 1.807) is 0 Å². The number of hydrogen-bond donors (Lipinski definition) is 1. The topological polar surface area (TPSA) is 30.9 Å². The van der Waals surface area contributed by atoms with E-state index in [0.717, 1.165) is 23.4 Å². The Labute approximate surface area is 121 Å². The van der Waals surface area contributed by atoms with Gasteiger partial charge in [0.05, 0.1) is 6.54 Å². The van der Waals surface area contributed by atoms with Crippen molar-refractivity contribution in [3.05, 3.63) is 71.4 Å². The molecule has 0 atom stereocenters. The van der Waals surface area contributed by atoms with Crippen molar-refractivity contribution in [2.75, 3.05) is 6.54 Å². The van der Waals surface area contributed by atoms with Gasteiger partial charge in [-0.15, -0.1) is 0 Å². The maximum Gasteiger partial charge on any atom is 0.131 e. The minimum absolute atomic E-state index is 0.381. The van der Waals surface area contributed by atoms with Crippen LogP contribution in [0.5, 0.6) is 0 Å². The molecule has 108 valence electrons. The summed E-state index contributed by atoms with van der Waals surface area (Å²) >= 11 is 0. The molecule has 0 bridgehead atoms. The highest BCUT2D eigenvalue weighted by Gasteiger charge is 2.07. The van der Waals surface area contributed by atoms with Crippen molar-refractivity contribution < 1.29 is 8.78 Å². The minimum atomic E-state index is -0.556. The molecule has 0 fully saturated rings. The molecule has 4 heteroatoms. The molecule has 0 aliphatic rings. The van der Waals surface area contributed by atoms with E-state index in [-0.39, 0.29) is 0 Å². The predicted octanol–water partition coefficient (Wildman–Crippen LogP) is 3.47. The van der Waals surface area contributed by atoms with Gasteiger partial charge in [-0.05, 0) is 48.2 Å². The predicted molar refractivity (Wildman–Crippen MR) is 80.2 cm³/mol. The molecule has 21 heavy (non-hydrogen) atoms. The quantitative estimate of drug-likeness (QED) is 0.782. The van der Waals surface area contributed by atoms with Gasteiger partial charge in [0, 0.05) is 23.3 Å². The van der Waals surface area contributed by atoms with Gasteiger partial charge in [0.1, 0.15) is 11.6 Å². The largest absolute Gasteiger partial charge is 0.343 e. The van der Waals surface area contributed by atoms with Crippen molar-refractivity contribution in [2.45, 2.75) is 13.0 Å². The smallest absolute Gasteiger partial charge is 0.131 e. The van der Waals surface area contributed by atoms with Crippen LogP contribution in [0.1, 0.15) is 11.1 Å². The maximum atomic E-state index is 13.7. The molecule has 0 radical (unpaired) electrons. The third-order valence-corrected chi connectivity index (χ3v) is 3.62. The van der Waals surface area contributed by atoms with Crippen molar-refractivity contribution in [2.24, 2.45) is 5.73 Å². The monoisotopic (exact) mass is 286 g/mol. The van der Waals surface area contributed by atoms with Crippen LogP contribution in [0.3, 0.4) is 0 Å². The van der Waals surface area contributed by atoms with Gasteiger partial charge in [-0.2, -0.15) is 0 Å². The van der Waals surface area contributed by atoms with Crippen molar-refractivity contribution in [1.29, 1.82) is 0 Å². The molecule has 3 aromatic rings. The molecule has 0 aliphatic heterocycles. The second-order valence-electron chi connectivity index (χ2n) is 5.11. The van der Waals surface area contributed by atoms with Crippen LogP contribution in [0.15, 0.2) is 48.7 Å². The molecule has 0 unspecified atom stereocenters. The summed E-state index contributed by atoms with van der Waals surface area (Å²) in [5, 5.41) is 1.10. The van der Waals surface area contributed by atoms with E-state index in [9.17, 15) is 8.78 Å². The Bertz CT molecular complexity index is 778. The van der Waals surface area contributed by atoms with Gasteiger partial charge in [-0.1, -0.05) is 12.1 Å². The van der Waals surface area contributed by atoms with Gasteiger partial charge in [0.15, 0.2) is 0 Å². The standard InChI is InChI=1S/C17H16F2N2/c18-15-3-2-14(16(19)10-15)11-21-8-6-13-9-12(5-7-20)1-4-17(13)21/h1-4,6,8-10H,5,7,11,20H2. The third-order valence-electron chi connectivity index (χ3n) is 3.62. The van der Waals surface area contributed by atoms with Crippen LogP contribution < -0.4 is 5.73 Å². The molecule has 0 saturated heterocycles. The molecule has 3 rings (SSSR count). The van der Waals surface area contributed by atoms with E-state index in [1.165, 1.54) is 17.7 Å². The molecular weight excluding hydrogens is 270 g/mol. The number of rotatable bonds is 4. The molecule has 0 amide bonds. The van der Waals surface area contributed by atoms with Crippen LogP contribution in [0.4, 0.5) is 8.78 Å². The first-order chi connectivity index (χ1) is 10.2. The second kappa shape index (κ2) is 5.66. The summed E-state index contributed by atoms with van der Waals surface area (Å²) in [7, 11) is 0. The Morgan fingerprint density at radius 2 is 1.86 bits per heavy atom. The first-order valence-corrected chi connectivity index (χ1v) is 6.89. The van der Waals surface area contributed by atoms with E-state index in [4.69, 9.17) is 5.73 Å². The van der Waals surface area contributed by atoms with Crippen LogP contribution in [0, 0.1) is 11.6 Å². The highest BCUT2D eigenvalue weighted by Crippen LogP contribution is 2.20. The zero-order valence-electron chi connectivity index (χ0n) is 11.5. The van der Waals surface area contributed by atoms with E-state index >= 15 is 0 Å². The lowest BCUT2D eigenvalue weighted by atomic mass is 10.1. The number of aromatic nitrogens is 1. The van der Waals surface area contributed by atoms with E-state index in [2.05, 4.69) is 6.07 Å². The first kappa shape index (κ1) is 13.8. The Hall–Kier alpha value is -2.20. The Morgan fingerprint density at radius 3 is 2.62 bits per heavy atom. The summed E-state index contributed by atoms with van der Waals surface area (Å²) in [4.78, 5) is 0. The molecule has 1 heterocycles. The average molecular weight is 286 g/mol. The highest BCUT2D eigenvalue weighted by molar-refractivity contribution is 5.81.